The second kappa shape index (κ2) is 3.60. The molecule has 0 saturated carbocycles. The quantitative estimate of drug-likeness (QED) is 0.718. The van der Waals surface area contributed by atoms with Gasteiger partial charge >= 0.3 is 6.09 Å². The second-order valence-corrected chi connectivity index (χ2v) is 5.66. The molecule has 0 aliphatic carbocycles. The number of likely N-dealkylation sites (tertiary alicyclic amines) is 1. The summed E-state index contributed by atoms with van der Waals surface area (Å²) < 4.78 is 11.0. The van der Waals surface area contributed by atoms with Crippen molar-refractivity contribution in [2.24, 2.45) is 5.73 Å². The molecule has 1 amide bonds. The predicted molar refractivity (Wildman–Crippen MR) is 59.1 cm³/mol. The molecule has 16 heavy (non-hydrogen) atoms. The number of nitrogens with two attached hydrogens (primary N) is 1. The van der Waals surface area contributed by atoms with Gasteiger partial charge in [-0.3, -0.25) is 4.90 Å². The van der Waals surface area contributed by atoms with E-state index < -0.39 is 5.60 Å². The van der Waals surface area contributed by atoms with Crippen LogP contribution in [-0.4, -0.2) is 47.9 Å². The van der Waals surface area contributed by atoms with E-state index in [1.165, 1.54) is 0 Å². The molecule has 0 spiro atoms. The zero-order chi connectivity index (χ0) is 12.0. The summed E-state index contributed by atoms with van der Waals surface area (Å²) in [5, 5.41) is 0. The molecule has 0 unspecified atom stereocenters. The number of rotatable bonds is 1. The van der Waals surface area contributed by atoms with E-state index in [4.69, 9.17) is 15.2 Å². The molecule has 5 heteroatoms. The van der Waals surface area contributed by atoms with Crippen LogP contribution in [0.25, 0.3) is 0 Å². The lowest BCUT2D eigenvalue weighted by molar-refractivity contribution is -0.0478. The van der Waals surface area contributed by atoms with Gasteiger partial charge in [0.05, 0.1) is 19.2 Å². The average molecular weight is 228 g/mol. The minimum atomic E-state index is -0.449. The number of nitrogens with zero attached hydrogens (tertiary/aromatic N) is 1. The molecule has 0 aromatic heterocycles. The van der Waals surface area contributed by atoms with Gasteiger partial charge in [0.1, 0.15) is 11.2 Å². The van der Waals surface area contributed by atoms with E-state index in [9.17, 15) is 4.79 Å². The highest BCUT2D eigenvalue weighted by Gasteiger charge is 2.52. The largest absolute Gasteiger partial charge is 0.444 e. The van der Waals surface area contributed by atoms with Crippen LogP contribution in [0.1, 0.15) is 27.2 Å². The van der Waals surface area contributed by atoms with Crippen molar-refractivity contribution < 1.29 is 14.3 Å². The molecule has 2 fully saturated rings. The first-order valence-corrected chi connectivity index (χ1v) is 5.69. The maximum absolute atomic E-state index is 11.9. The van der Waals surface area contributed by atoms with E-state index in [1.54, 1.807) is 4.90 Å². The number of amides is 1. The number of morpholine rings is 1. The Morgan fingerprint density at radius 1 is 1.62 bits per heavy atom. The van der Waals surface area contributed by atoms with E-state index in [0.29, 0.717) is 19.7 Å². The third kappa shape index (κ3) is 2.01. The Hall–Kier alpha value is -0.810. The summed E-state index contributed by atoms with van der Waals surface area (Å²) in [6.07, 6.45) is 0.582. The van der Waals surface area contributed by atoms with E-state index >= 15 is 0 Å². The van der Waals surface area contributed by atoms with Crippen LogP contribution in [0.15, 0.2) is 0 Å². The van der Waals surface area contributed by atoms with Crippen LogP contribution in [0.5, 0.6) is 0 Å². The molecule has 2 saturated heterocycles. The molecule has 2 N–H and O–H groups in total. The number of hydrogen-bond acceptors (Lipinski definition) is 4. The van der Waals surface area contributed by atoms with Crippen molar-refractivity contribution in [3.05, 3.63) is 0 Å². The maximum atomic E-state index is 11.9. The average Bonchev–Trinajstić information content (AvgIpc) is 2.72. The Morgan fingerprint density at radius 2 is 2.31 bits per heavy atom. The van der Waals surface area contributed by atoms with E-state index in [1.807, 2.05) is 20.8 Å². The Balaban J connectivity index is 2.01. The number of hydrogen-bond donors (Lipinski definition) is 1. The standard InChI is InChI=1S/C11H20N2O3/c1-10(2,3)16-9(14)13-7-11(6-12)4-8(13)5-15-11/h8H,4-7,12H2,1-3H3/t8-,11-/m0/s1. The molecule has 0 aromatic rings. The fraction of sp³-hybridized carbons (Fsp3) is 0.909. The molecule has 2 aliphatic heterocycles. The van der Waals surface area contributed by atoms with Crippen LogP contribution in [0.2, 0.25) is 0 Å². The van der Waals surface area contributed by atoms with Gasteiger partial charge in [0.15, 0.2) is 0 Å². The van der Waals surface area contributed by atoms with Crippen molar-refractivity contribution in [3.8, 4) is 0 Å². The van der Waals surface area contributed by atoms with Crippen molar-refractivity contribution in [2.75, 3.05) is 19.7 Å². The molecular formula is C11H20N2O3. The first kappa shape index (κ1) is 11.7. The van der Waals surface area contributed by atoms with Gasteiger partial charge in [-0.25, -0.2) is 4.79 Å². The highest BCUT2D eigenvalue weighted by atomic mass is 16.6. The number of carbonyl (C=O) groups excluding carboxylic acids is 1. The molecule has 2 rings (SSSR count). The topological polar surface area (TPSA) is 64.8 Å². The molecule has 2 bridgehead atoms. The summed E-state index contributed by atoms with van der Waals surface area (Å²) in [6.45, 7) is 7.21. The predicted octanol–water partition coefficient (Wildman–Crippen LogP) is 0.723. The summed E-state index contributed by atoms with van der Waals surface area (Å²) in [7, 11) is 0. The highest BCUT2D eigenvalue weighted by molar-refractivity contribution is 5.69. The van der Waals surface area contributed by atoms with Gasteiger partial charge in [-0.2, -0.15) is 0 Å². The minimum Gasteiger partial charge on any atom is -0.444 e. The molecule has 92 valence electrons. The maximum Gasteiger partial charge on any atom is 0.410 e. The minimum absolute atomic E-state index is 0.137. The third-order valence-corrected chi connectivity index (χ3v) is 3.09. The van der Waals surface area contributed by atoms with Gasteiger partial charge in [-0.1, -0.05) is 0 Å². The summed E-state index contributed by atoms with van der Waals surface area (Å²) in [5.74, 6) is 0. The van der Waals surface area contributed by atoms with Gasteiger partial charge in [-0.15, -0.1) is 0 Å². The first-order valence-electron chi connectivity index (χ1n) is 5.69. The molecule has 2 aliphatic rings. The van der Waals surface area contributed by atoms with Crippen molar-refractivity contribution in [1.82, 2.24) is 4.90 Å². The second-order valence-electron chi connectivity index (χ2n) is 5.66. The lowest BCUT2D eigenvalue weighted by atomic mass is 10.0. The van der Waals surface area contributed by atoms with Gasteiger partial charge < -0.3 is 15.2 Å². The van der Waals surface area contributed by atoms with Gasteiger partial charge in [0.25, 0.3) is 0 Å². The number of carbonyl (C=O) groups is 1. The van der Waals surface area contributed by atoms with Crippen molar-refractivity contribution in [3.63, 3.8) is 0 Å². The van der Waals surface area contributed by atoms with E-state index in [0.717, 1.165) is 6.42 Å². The lowest BCUT2D eigenvalue weighted by Crippen LogP contribution is -2.49. The summed E-state index contributed by atoms with van der Waals surface area (Å²) >= 11 is 0. The molecule has 2 atom stereocenters. The van der Waals surface area contributed by atoms with Gasteiger partial charge in [0, 0.05) is 13.0 Å². The van der Waals surface area contributed by atoms with Gasteiger partial charge in [0.2, 0.25) is 0 Å². The fourth-order valence-corrected chi connectivity index (χ4v) is 2.31. The Labute approximate surface area is 95.9 Å². The van der Waals surface area contributed by atoms with Crippen LogP contribution in [0.4, 0.5) is 4.79 Å². The monoisotopic (exact) mass is 228 g/mol. The summed E-state index contributed by atoms with van der Waals surface area (Å²) in [4.78, 5) is 13.7. The van der Waals surface area contributed by atoms with Gasteiger partial charge in [-0.05, 0) is 20.8 Å². The van der Waals surface area contributed by atoms with Crippen LogP contribution >= 0.6 is 0 Å². The smallest absolute Gasteiger partial charge is 0.410 e. The Morgan fingerprint density at radius 3 is 2.81 bits per heavy atom. The zero-order valence-corrected chi connectivity index (χ0v) is 10.2. The zero-order valence-electron chi connectivity index (χ0n) is 10.2. The van der Waals surface area contributed by atoms with Crippen molar-refractivity contribution >= 4 is 6.09 Å². The van der Waals surface area contributed by atoms with Crippen LogP contribution in [0, 0.1) is 0 Å². The summed E-state index contributed by atoms with van der Waals surface area (Å²) in [6, 6.07) is 0.137. The van der Waals surface area contributed by atoms with Crippen LogP contribution < -0.4 is 5.73 Å². The Kier molecular flexibility index (Phi) is 2.62. The number of fused-ring (bicyclic) bond motifs is 2. The van der Waals surface area contributed by atoms with Crippen molar-refractivity contribution in [2.45, 2.75) is 44.4 Å². The molecule has 5 nitrogen and oxygen atoms in total. The number of ether oxygens (including phenoxy) is 2. The van der Waals surface area contributed by atoms with Crippen LogP contribution in [0.3, 0.4) is 0 Å². The molecular weight excluding hydrogens is 208 g/mol. The normalized spacial score (nSPS) is 33.2. The summed E-state index contributed by atoms with van der Waals surface area (Å²) in [5.41, 5.74) is 4.93. The SMILES string of the molecule is CC(C)(C)OC(=O)N1C[C@@]2(CN)C[C@H]1CO2. The first-order chi connectivity index (χ1) is 7.35. The van der Waals surface area contributed by atoms with Crippen molar-refractivity contribution in [1.29, 1.82) is 0 Å². The Bertz CT molecular complexity index is 300. The van der Waals surface area contributed by atoms with E-state index in [2.05, 4.69) is 0 Å². The fourth-order valence-electron chi connectivity index (χ4n) is 2.31. The molecule has 0 aromatic carbocycles. The molecule has 2 heterocycles. The third-order valence-electron chi connectivity index (χ3n) is 3.09. The van der Waals surface area contributed by atoms with E-state index in [-0.39, 0.29) is 17.7 Å². The highest BCUT2D eigenvalue weighted by Crippen LogP contribution is 2.37. The molecule has 0 radical (unpaired) electrons. The van der Waals surface area contributed by atoms with Crippen LogP contribution in [-0.2, 0) is 9.47 Å². The lowest BCUT2D eigenvalue weighted by Gasteiger charge is -2.33.